The first kappa shape index (κ1) is 16.2. The van der Waals surface area contributed by atoms with Gasteiger partial charge in [-0.25, -0.2) is 5.43 Å². The van der Waals surface area contributed by atoms with Crippen molar-refractivity contribution in [2.24, 2.45) is 5.10 Å². The number of phenols is 2. The lowest BCUT2D eigenvalue weighted by Crippen LogP contribution is -2.17. The number of para-hydroxylation sites is 2. The summed E-state index contributed by atoms with van der Waals surface area (Å²) in [6.45, 7) is 0. The fraction of sp³-hybridized carbons (Fsp3) is 0.125. The number of carbonyl (C=O) groups is 1. The molecule has 0 unspecified atom stereocenters. The highest BCUT2D eigenvalue weighted by molar-refractivity contribution is 5.98. The van der Waals surface area contributed by atoms with E-state index in [1.807, 2.05) is 0 Å². The lowest BCUT2D eigenvalue weighted by atomic mass is 10.2. The van der Waals surface area contributed by atoms with Crippen LogP contribution in [-0.4, -0.2) is 36.6 Å². The maximum atomic E-state index is 12.0. The number of aromatic hydroxyl groups is 2. The molecule has 0 aliphatic carbocycles. The summed E-state index contributed by atoms with van der Waals surface area (Å²) in [6.07, 6.45) is 1.27. The summed E-state index contributed by atoms with van der Waals surface area (Å²) < 4.78 is 9.91. The number of amides is 1. The largest absolute Gasteiger partial charge is 0.504 e. The number of hydrazone groups is 1. The molecule has 2 aromatic rings. The first-order valence-corrected chi connectivity index (χ1v) is 6.63. The molecule has 0 spiro atoms. The molecular weight excluding hydrogens is 300 g/mol. The van der Waals surface area contributed by atoms with Crippen LogP contribution in [0.1, 0.15) is 15.9 Å². The van der Waals surface area contributed by atoms with Gasteiger partial charge < -0.3 is 19.7 Å². The van der Waals surface area contributed by atoms with Crippen molar-refractivity contribution in [1.82, 2.24) is 5.43 Å². The summed E-state index contributed by atoms with van der Waals surface area (Å²) in [5.41, 5.74) is 2.67. The van der Waals surface area contributed by atoms with Crippen LogP contribution in [0, 0.1) is 0 Å². The van der Waals surface area contributed by atoms with Gasteiger partial charge in [0.25, 0.3) is 5.91 Å². The van der Waals surface area contributed by atoms with Crippen molar-refractivity contribution in [1.29, 1.82) is 0 Å². The van der Waals surface area contributed by atoms with E-state index in [9.17, 15) is 15.0 Å². The quantitative estimate of drug-likeness (QED) is 0.577. The van der Waals surface area contributed by atoms with Crippen molar-refractivity contribution in [2.75, 3.05) is 14.2 Å². The fourth-order valence-electron chi connectivity index (χ4n) is 1.90. The molecule has 2 aromatic carbocycles. The maximum absolute atomic E-state index is 12.0. The molecule has 0 saturated carbocycles. The van der Waals surface area contributed by atoms with Crippen LogP contribution in [0.15, 0.2) is 41.5 Å². The second kappa shape index (κ2) is 7.17. The van der Waals surface area contributed by atoms with Gasteiger partial charge in [0.2, 0.25) is 0 Å². The van der Waals surface area contributed by atoms with Crippen molar-refractivity contribution in [2.45, 2.75) is 0 Å². The molecule has 7 heteroatoms. The average molecular weight is 316 g/mol. The molecule has 0 aliphatic rings. The summed E-state index contributed by atoms with van der Waals surface area (Å²) in [4.78, 5) is 12.0. The van der Waals surface area contributed by atoms with Gasteiger partial charge >= 0.3 is 0 Å². The van der Waals surface area contributed by atoms with Gasteiger partial charge in [0.1, 0.15) is 0 Å². The Morgan fingerprint density at radius 3 is 2.30 bits per heavy atom. The number of hydrogen-bond donors (Lipinski definition) is 3. The first-order valence-electron chi connectivity index (χ1n) is 6.63. The summed E-state index contributed by atoms with van der Waals surface area (Å²) in [7, 11) is 2.82. The zero-order valence-electron chi connectivity index (χ0n) is 12.6. The van der Waals surface area contributed by atoms with E-state index in [0.29, 0.717) is 11.3 Å². The number of hydrogen-bond acceptors (Lipinski definition) is 6. The van der Waals surface area contributed by atoms with E-state index in [0.717, 1.165) is 0 Å². The lowest BCUT2D eigenvalue weighted by molar-refractivity contribution is 0.0952. The minimum absolute atomic E-state index is 0.0244. The second-order valence-electron chi connectivity index (χ2n) is 4.45. The monoisotopic (exact) mass is 316 g/mol. The van der Waals surface area contributed by atoms with E-state index in [-0.39, 0.29) is 22.8 Å². The molecule has 2 rings (SSSR count). The third-order valence-electron chi connectivity index (χ3n) is 3.08. The van der Waals surface area contributed by atoms with Crippen LogP contribution >= 0.6 is 0 Å². The topological polar surface area (TPSA) is 100 Å². The molecule has 0 bridgehead atoms. The SMILES string of the molecule is COc1cccc(/C=N/NC(=O)c2cccc(OC)c2O)c1O. The highest BCUT2D eigenvalue weighted by atomic mass is 16.5. The molecule has 0 atom stereocenters. The number of nitrogens with zero attached hydrogens (tertiary/aromatic N) is 1. The number of methoxy groups -OCH3 is 2. The Labute approximate surface area is 132 Å². The number of ether oxygens (including phenoxy) is 2. The summed E-state index contributed by atoms with van der Waals surface area (Å²) in [5.74, 6) is -0.484. The van der Waals surface area contributed by atoms with Gasteiger partial charge in [0.05, 0.1) is 26.0 Å². The zero-order chi connectivity index (χ0) is 16.8. The Hall–Kier alpha value is -3.22. The van der Waals surface area contributed by atoms with Gasteiger partial charge in [0, 0.05) is 5.56 Å². The van der Waals surface area contributed by atoms with Gasteiger partial charge in [-0.1, -0.05) is 12.1 Å². The van der Waals surface area contributed by atoms with Crippen molar-refractivity contribution in [3.05, 3.63) is 47.5 Å². The summed E-state index contributed by atoms with van der Waals surface area (Å²) >= 11 is 0. The minimum Gasteiger partial charge on any atom is -0.504 e. The van der Waals surface area contributed by atoms with E-state index >= 15 is 0 Å². The van der Waals surface area contributed by atoms with Crippen LogP contribution in [0.25, 0.3) is 0 Å². The molecule has 1 amide bonds. The van der Waals surface area contributed by atoms with E-state index in [2.05, 4.69) is 10.5 Å². The van der Waals surface area contributed by atoms with Crippen molar-refractivity contribution >= 4 is 12.1 Å². The maximum Gasteiger partial charge on any atom is 0.275 e. The van der Waals surface area contributed by atoms with E-state index in [1.54, 1.807) is 24.3 Å². The second-order valence-corrected chi connectivity index (χ2v) is 4.45. The van der Waals surface area contributed by atoms with E-state index in [1.165, 1.54) is 32.6 Å². The fourth-order valence-corrected chi connectivity index (χ4v) is 1.90. The van der Waals surface area contributed by atoms with Crippen LogP contribution in [0.4, 0.5) is 0 Å². The number of carbonyl (C=O) groups excluding carboxylic acids is 1. The number of nitrogens with one attached hydrogen (secondary N) is 1. The molecule has 0 saturated heterocycles. The Morgan fingerprint density at radius 2 is 1.65 bits per heavy atom. The van der Waals surface area contributed by atoms with Gasteiger partial charge in [-0.05, 0) is 24.3 Å². The summed E-state index contributed by atoms with van der Waals surface area (Å²) in [5, 5.41) is 23.6. The zero-order valence-corrected chi connectivity index (χ0v) is 12.6. The summed E-state index contributed by atoms with van der Waals surface area (Å²) in [6, 6.07) is 9.42. The van der Waals surface area contributed by atoms with Crippen LogP contribution < -0.4 is 14.9 Å². The molecule has 0 fully saturated rings. The van der Waals surface area contributed by atoms with Gasteiger partial charge in [0.15, 0.2) is 23.0 Å². The Balaban J connectivity index is 2.13. The number of benzene rings is 2. The van der Waals surface area contributed by atoms with Crippen LogP contribution in [0.2, 0.25) is 0 Å². The lowest BCUT2D eigenvalue weighted by Gasteiger charge is -2.07. The van der Waals surface area contributed by atoms with E-state index in [4.69, 9.17) is 9.47 Å². The molecule has 120 valence electrons. The first-order chi connectivity index (χ1) is 11.1. The Morgan fingerprint density at radius 1 is 1.04 bits per heavy atom. The van der Waals surface area contributed by atoms with E-state index < -0.39 is 5.91 Å². The average Bonchev–Trinajstić information content (AvgIpc) is 2.56. The standard InChI is InChI=1S/C16H16N2O5/c1-22-12-7-3-5-10(14(12)19)9-17-18-16(21)11-6-4-8-13(23-2)15(11)20/h3-9,19-20H,1-2H3,(H,18,21)/b17-9+. The molecule has 3 N–H and O–H groups in total. The smallest absolute Gasteiger partial charge is 0.275 e. The molecule has 0 radical (unpaired) electrons. The molecule has 0 heterocycles. The molecule has 0 aliphatic heterocycles. The number of phenolic OH excluding ortho intramolecular Hbond substituents is 2. The van der Waals surface area contributed by atoms with Gasteiger partial charge in [-0.15, -0.1) is 0 Å². The van der Waals surface area contributed by atoms with Gasteiger partial charge in [-0.2, -0.15) is 5.10 Å². The highest BCUT2D eigenvalue weighted by Crippen LogP contribution is 2.29. The molecule has 0 aromatic heterocycles. The van der Waals surface area contributed by atoms with Crippen LogP contribution in [0.3, 0.4) is 0 Å². The highest BCUT2D eigenvalue weighted by Gasteiger charge is 2.14. The molecule has 23 heavy (non-hydrogen) atoms. The normalized spacial score (nSPS) is 10.5. The Kier molecular flexibility index (Phi) is 5.03. The van der Waals surface area contributed by atoms with Crippen molar-refractivity contribution in [3.63, 3.8) is 0 Å². The number of rotatable bonds is 5. The predicted octanol–water partition coefficient (Wildman–Crippen LogP) is 1.88. The van der Waals surface area contributed by atoms with Gasteiger partial charge in [-0.3, -0.25) is 4.79 Å². The molecular formula is C16H16N2O5. The van der Waals surface area contributed by atoms with Crippen molar-refractivity contribution < 1.29 is 24.5 Å². The molecule has 7 nitrogen and oxygen atoms in total. The minimum atomic E-state index is -0.611. The predicted molar refractivity (Wildman–Crippen MR) is 84.4 cm³/mol. The van der Waals surface area contributed by atoms with Crippen LogP contribution in [0.5, 0.6) is 23.0 Å². The van der Waals surface area contributed by atoms with Crippen molar-refractivity contribution in [3.8, 4) is 23.0 Å². The van der Waals surface area contributed by atoms with Crippen LogP contribution in [-0.2, 0) is 0 Å². The Bertz CT molecular complexity index is 743. The third-order valence-corrected chi connectivity index (χ3v) is 3.08. The third kappa shape index (κ3) is 3.52.